The summed E-state index contributed by atoms with van der Waals surface area (Å²) >= 11 is 0. The summed E-state index contributed by atoms with van der Waals surface area (Å²) in [5.74, 6) is -0.449. The monoisotopic (exact) mass is 240 g/mol. The van der Waals surface area contributed by atoms with E-state index < -0.39 is 0 Å². The molecule has 17 heavy (non-hydrogen) atoms. The van der Waals surface area contributed by atoms with Gasteiger partial charge in [-0.3, -0.25) is 9.59 Å². The third kappa shape index (κ3) is 4.96. The molecule has 0 aliphatic carbocycles. The average molecular weight is 240 g/mol. The van der Waals surface area contributed by atoms with Crippen LogP contribution in [0.15, 0.2) is 6.33 Å². The lowest BCUT2D eigenvalue weighted by atomic mass is 10.4. The number of hydrogen-bond acceptors (Lipinski definition) is 5. The van der Waals surface area contributed by atoms with Gasteiger partial charge < -0.3 is 16.4 Å². The Morgan fingerprint density at radius 3 is 2.71 bits per heavy atom. The number of aromatic nitrogens is 3. The van der Waals surface area contributed by atoms with Gasteiger partial charge in [-0.05, 0) is 13.8 Å². The standard InChI is InChI=1S/C9H16N6O2/c1-6(2)13-7(16)3-11-8(17)4-15-5-12-9(10)14-15/h5-6H,3-4H2,1-2H3,(H2,10,14)(H,11,17)(H,13,16). The van der Waals surface area contributed by atoms with Crippen LogP contribution in [0.5, 0.6) is 0 Å². The number of carbonyl (C=O) groups is 2. The van der Waals surface area contributed by atoms with Crippen LogP contribution >= 0.6 is 0 Å². The summed E-state index contributed by atoms with van der Waals surface area (Å²) in [4.78, 5) is 26.3. The maximum Gasteiger partial charge on any atom is 0.242 e. The first kappa shape index (κ1) is 12.9. The zero-order chi connectivity index (χ0) is 12.8. The molecule has 0 fully saturated rings. The predicted molar refractivity (Wildman–Crippen MR) is 60.7 cm³/mol. The molecule has 0 aromatic carbocycles. The first-order valence-electron chi connectivity index (χ1n) is 5.18. The summed E-state index contributed by atoms with van der Waals surface area (Å²) < 4.78 is 1.30. The highest BCUT2D eigenvalue weighted by atomic mass is 16.2. The van der Waals surface area contributed by atoms with Crippen LogP contribution < -0.4 is 16.4 Å². The Morgan fingerprint density at radius 2 is 2.18 bits per heavy atom. The minimum atomic E-state index is -0.325. The predicted octanol–water partition coefficient (Wildman–Crippen LogP) is -1.50. The Bertz CT molecular complexity index is 400. The fourth-order valence-corrected chi connectivity index (χ4v) is 1.14. The molecular formula is C9H16N6O2. The molecule has 2 amide bonds. The van der Waals surface area contributed by atoms with Gasteiger partial charge in [-0.15, -0.1) is 5.10 Å². The molecule has 1 heterocycles. The summed E-state index contributed by atoms with van der Waals surface area (Å²) in [5.41, 5.74) is 5.29. The number of amides is 2. The maximum absolute atomic E-state index is 11.4. The maximum atomic E-state index is 11.4. The molecule has 0 saturated carbocycles. The second kappa shape index (κ2) is 5.83. The second-order valence-corrected chi connectivity index (χ2v) is 3.80. The SMILES string of the molecule is CC(C)NC(=O)CNC(=O)Cn1cnc(N)n1. The third-order valence-corrected chi connectivity index (χ3v) is 1.76. The van der Waals surface area contributed by atoms with Crippen molar-refractivity contribution in [1.82, 2.24) is 25.4 Å². The molecule has 0 radical (unpaired) electrons. The van der Waals surface area contributed by atoms with Gasteiger partial charge >= 0.3 is 0 Å². The number of rotatable bonds is 5. The molecule has 8 heteroatoms. The fourth-order valence-electron chi connectivity index (χ4n) is 1.14. The number of nitrogens with two attached hydrogens (primary N) is 1. The fraction of sp³-hybridized carbons (Fsp3) is 0.556. The number of nitrogens with one attached hydrogen (secondary N) is 2. The zero-order valence-corrected chi connectivity index (χ0v) is 9.80. The Kier molecular flexibility index (Phi) is 4.44. The van der Waals surface area contributed by atoms with Gasteiger partial charge in [-0.25, -0.2) is 9.67 Å². The molecule has 0 bridgehead atoms. The van der Waals surface area contributed by atoms with Crippen molar-refractivity contribution < 1.29 is 9.59 Å². The average Bonchev–Trinajstić information content (AvgIpc) is 2.60. The van der Waals surface area contributed by atoms with E-state index in [1.807, 2.05) is 13.8 Å². The van der Waals surface area contributed by atoms with Crippen molar-refractivity contribution in [3.05, 3.63) is 6.33 Å². The van der Waals surface area contributed by atoms with Gasteiger partial charge in [-0.2, -0.15) is 0 Å². The molecule has 4 N–H and O–H groups in total. The quantitative estimate of drug-likeness (QED) is 0.579. The molecule has 1 rings (SSSR count). The Morgan fingerprint density at radius 1 is 1.47 bits per heavy atom. The molecule has 94 valence electrons. The second-order valence-electron chi connectivity index (χ2n) is 3.80. The Hall–Kier alpha value is -2.12. The van der Waals surface area contributed by atoms with E-state index in [1.54, 1.807) is 0 Å². The lowest BCUT2D eigenvalue weighted by molar-refractivity contribution is -0.126. The number of hydrogen-bond donors (Lipinski definition) is 3. The van der Waals surface area contributed by atoms with Crippen molar-refractivity contribution in [2.24, 2.45) is 0 Å². The van der Waals surface area contributed by atoms with Gasteiger partial charge in [-0.1, -0.05) is 0 Å². The lowest BCUT2D eigenvalue weighted by Crippen LogP contribution is -2.40. The minimum absolute atomic E-state index is 0.0147. The number of anilines is 1. The molecule has 0 aliphatic rings. The largest absolute Gasteiger partial charge is 0.367 e. The van der Waals surface area contributed by atoms with Crippen LogP contribution in [0.1, 0.15) is 13.8 Å². The number of carbonyl (C=O) groups excluding carboxylic acids is 2. The summed E-state index contributed by atoms with van der Waals surface area (Å²) in [6.45, 7) is 3.62. The number of nitrogens with zero attached hydrogens (tertiary/aromatic N) is 3. The van der Waals surface area contributed by atoms with Crippen LogP contribution in [0.3, 0.4) is 0 Å². The summed E-state index contributed by atoms with van der Waals surface area (Å²) in [6, 6.07) is 0.0505. The molecule has 1 aromatic rings. The first-order chi connectivity index (χ1) is 7.97. The van der Waals surface area contributed by atoms with E-state index in [2.05, 4.69) is 20.7 Å². The normalized spacial score (nSPS) is 10.3. The molecule has 0 unspecified atom stereocenters. The molecule has 0 spiro atoms. The van der Waals surface area contributed by atoms with E-state index in [9.17, 15) is 9.59 Å². The van der Waals surface area contributed by atoms with Crippen molar-refractivity contribution >= 4 is 17.8 Å². The van der Waals surface area contributed by atoms with E-state index in [4.69, 9.17) is 5.73 Å². The van der Waals surface area contributed by atoms with Gasteiger partial charge in [0.15, 0.2) is 0 Å². The Labute approximate surface area is 98.6 Å². The smallest absolute Gasteiger partial charge is 0.242 e. The third-order valence-electron chi connectivity index (χ3n) is 1.76. The molecule has 1 aromatic heterocycles. The molecule has 0 aliphatic heterocycles. The summed E-state index contributed by atoms with van der Waals surface area (Å²) in [6.07, 6.45) is 1.35. The van der Waals surface area contributed by atoms with Gasteiger partial charge in [0.25, 0.3) is 0 Å². The summed E-state index contributed by atoms with van der Waals surface area (Å²) in [5, 5.41) is 8.87. The van der Waals surface area contributed by atoms with Crippen LogP contribution in [0.2, 0.25) is 0 Å². The molecule has 0 saturated heterocycles. The van der Waals surface area contributed by atoms with Gasteiger partial charge in [0, 0.05) is 6.04 Å². The van der Waals surface area contributed by atoms with E-state index in [-0.39, 0.29) is 36.9 Å². The van der Waals surface area contributed by atoms with E-state index in [0.29, 0.717) is 0 Å². The van der Waals surface area contributed by atoms with Gasteiger partial charge in [0.1, 0.15) is 12.9 Å². The highest BCUT2D eigenvalue weighted by Crippen LogP contribution is 1.88. The molecule has 8 nitrogen and oxygen atoms in total. The minimum Gasteiger partial charge on any atom is -0.367 e. The lowest BCUT2D eigenvalue weighted by Gasteiger charge is -2.09. The van der Waals surface area contributed by atoms with Gasteiger partial charge in [0.05, 0.1) is 6.54 Å². The molecule has 0 atom stereocenters. The first-order valence-corrected chi connectivity index (χ1v) is 5.18. The van der Waals surface area contributed by atoms with Crippen LogP contribution in [0, 0.1) is 0 Å². The highest BCUT2D eigenvalue weighted by Gasteiger charge is 2.07. The molecular weight excluding hydrogens is 224 g/mol. The van der Waals surface area contributed by atoms with Crippen molar-refractivity contribution in [2.75, 3.05) is 12.3 Å². The van der Waals surface area contributed by atoms with E-state index in [0.717, 1.165) is 0 Å². The summed E-state index contributed by atoms with van der Waals surface area (Å²) in [7, 11) is 0. The van der Waals surface area contributed by atoms with Crippen LogP contribution in [0.4, 0.5) is 5.95 Å². The van der Waals surface area contributed by atoms with Crippen LogP contribution in [-0.4, -0.2) is 39.2 Å². The van der Waals surface area contributed by atoms with Crippen molar-refractivity contribution in [3.8, 4) is 0 Å². The van der Waals surface area contributed by atoms with E-state index >= 15 is 0 Å². The van der Waals surface area contributed by atoms with Crippen LogP contribution in [-0.2, 0) is 16.1 Å². The van der Waals surface area contributed by atoms with Crippen molar-refractivity contribution in [3.63, 3.8) is 0 Å². The highest BCUT2D eigenvalue weighted by molar-refractivity contribution is 5.84. The topological polar surface area (TPSA) is 115 Å². The van der Waals surface area contributed by atoms with Crippen LogP contribution in [0.25, 0.3) is 0 Å². The Balaban J connectivity index is 2.28. The zero-order valence-electron chi connectivity index (χ0n) is 9.80. The van der Waals surface area contributed by atoms with Crippen molar-refractivity contribution in [1.29, 1.82) is 0 Å². The van der Waals surface area contributed by atoms with E-state index in [1.165, 1.54) is 11.0 Å². The number of nitrogen functional groups attached to an aromatic ring is 1. The van der Waals surface area contributed by atoms with Crippen molar-refractivity contribution in [2.45, 2.75) is 26.4 Å². The van der Waals surface area contributed by atoms with Gasteiger partial charge in [0.2, 0.25) is 17.8 Å².